The van der Waals surface area contributed by atoms with E-state index in [0.29, 0.717) is 13.1 Å². The Balaban J connectivity index is 1.52. The Labute approximate surface area is 166 Å². The van der Waals surface area contributed by atoms with E-state index in [-0.39, 0.29) is 23.2 Å². The number of carbonyl (C=O) groups excluding carboxylic acids is 1. The van der Waals surface area contributed by atoms with Crippen molar-refractivity contribution >= 4 is 17.6 Å². The first-order valence-corrected chi connectivity index (χ1v) is 9.35. The van der Waals surface area contributed by atoms with Crippen LogP contribution in [0.2, 0.25) is 5.02 Å². The second kappa shape index (κ2) is 8.84. The number of nitrogens with zero attached hydrogens (tertiary/aromatic N) is 2. The molecular formula is C20H21ClF3N3O. The van der Waals surface area contributed by atoms with Crippen molar-refractivity contribution in [3.05, 3.63) is 70.2 Å². The number of urea groups is 1. The quantitative estimate of drug-likeness (QED) is 0.810. The lowest BCUT2D eigenvalue weighted by Gasteiger charge is -2.34. The summed E-state index contributed by atoms with van der Waals surface area (Å²) in [5, 5.41) is 2.60. The minimum atomic E-state index is -4.52. The highest BCUT2D eigenvalue weighted by molar-refractivity contribution is 6.30. The molecule has 2 aromatic carbocycles. The number of carbonyl (C=O) groups is 1. The minimum Gasteiger partial charge on any atom is -0.334 e. The largest absolute Gasteiger partial charge is 0.416 e. The normalized spacial score (nSPS) is 15.5. The van der Waals surface area contributed by atoms with Gasteiger partial charge in [0.05, 0.1) is 5.56 Å². The number of nitrogens with one attached hydrogen (secondary N) is 1. The van der Waals surface area contributed by atoms with Crippen LogP contribution in [0.4, 0.5) is 18.0 Å². The maximum Gasteiger partial charge on any atom is 0.416 e. The number of halogens is 4. The van der Waals surface area contributed by atoms with Crippen molar-refractivity contribution in [3.8, 4) is 0 Å². The lowest BCUT2D eigenvalue weighted by Crippen LogP contribution is -2.51. The molecule has 0 spiro atoms. The van der Waals surface area contributed by atoms with Crippen LogP contribution in [0.3, 0.4) is 0 Å². The van der Waals surface area contributed by atoms with E-state index in [1.165, 1.54) is 17.7 Å². The molecule has 2 amide bonds. The highest BCUT2D eigenvalue weighted by Gasteiger charge is 2.33. The van der Waals surface area contributed by atoms with Gasteiger partial charge in [-0.2, -0.15) is 13.2 Å². The van der Waals surface area contributed by atoms with Crippen LogP contribution in [0, 0.1) is 0 Å². The van der Waals surface area contributed by atoms with Crippen molar-refractivity contribution in [1.29, 1.82) is 0 Å². The molecule has 0 atom stereocenters. The van der Waals surface area contributed by atoms with Gasteiger partial charge in [0.1, 0.15) is 0 Å². The van der Waals surface area contributed by atoms with Crippen LogP contribution in [0.1, 0.15) is 16.7 Å². The first-order valence-electron chi connectivity index (χ1n) is 8.97. The minimum absolute atomic E-state index is 0.00652. The molecule has 4 nitrogen and oxygen atoms in total. The summed E-state index contributed by atoms with van der Waals surface area (Å²) in [5.74, 6) is 0. The summed E-state index contributed by atoms with van der Waals surface area (Å²) in [7, 11) is 0. The lowest BCUT2D eigenvalue weighted by atomic mass is 10.1. The zero-order valence-electron chi connectivity index (χ0n) is 15.2. The third-order valence-corrected chi connectivity index (χ3v) is 4.95. The standard InChI is InChI=1S/C20H21ClF3N3O/c21-17-7-6-16(18(12-17)20(22,23)24)13-25-19(28)27-10-8-26(9-11-27)14-15-4-2-1-3-5-15/h1-7,12H,8-11,13-14H2,(H,25,28). The van der Waals surface area contributed by atoms with Gasteiger partial charge in [-0.25, -0.2) is 4.79 Å². The van der Waals surface area contributed by atoms with Gasteiger partial charge in [-0.15, -0.1) is 0 Å². The van der Waals surface area contributed by atoms with Gasteiger partial charge in [0, 0.05) is 44.3 Å². The van der Waals surface area contributed by atoms with Crippen LogP contribution in [0.15, 0.2) is 48.5 Å². The van der Waals surface area contributed by atoms with Gasteiger partial charge < -0.3 is 10.2 Å². The van der Waals surface area contributed by atoms with E-state index in [2.05, 4.69) is 22.3 Å². The van der Waals surface area contributed by atoms with Crippen LogP contribution in [0.5, 0.6) is 0 Å². The summed E-state index contributed by atoms with van der Waals surface area (Å²) in [6.45, 7) is 3.12. The molecular weight excluding hydrogens is 391 g/mol. The Morgan fingerprint density at radius 3 is 2.36 bits per heavy atom. The molecule has 150 valence electrons. The van der Waals surface area contributed by atoms with Crippen molar-refractivity contribution in [2.75, 3.05) is 26.2 Å². The molecule has 8 heteroatoms. The number of alkyl halides is 3. The van der Waals surface area contributed by atoms with Crippen LogP contribution in [-0.4, -0.2) is 42.0 Å². The molecule has 28 heavy (non-hydrogen) atoms. The molecule has 2 aromatic rings. The molecule has 1 N–H and O–H groups in total. The van der Waals surface area contributed by atoms with Gasteiger partial charge in [0.15, 0.2) is 0 Å². The Hall–Kier alpha value is -2.25. The number of rotatable bonds is 4. The van der Waals surface area contributed by atoms with Crippen molar-refractivity contribution < 1.29 is 18.0 Å². The summed E-state index contributed by atoms with van der Waals surface area (Å²) in [4.78, 5) is 16.2. The topological polar surface area (TPSA) is 35.6 Å². The monoisotopic (exact) mass is 411 g/mol. The highest BCUT2D eigenvalue weighted by Crippen LogP contribution is 2.33. The molecule has 0 saturated carbocycles. The molecule has 1 saturated heterocycles. The number of piperazine rings is 1. The Bertz CT molecular complexity index is 806. The summed E-state index contributed by atoms with van der Waals surface area (Å²) in [6, 6.07) is 13.3. The predicted octanol–water partition coefficient (Wildman–Crippen LogP) is 4.39. The predicted molar refractivity (Wildman–Crippen MR) is 102 cm³/mol. The summed E-state index contributed by atoms with van der Waals surface area (Å²) >= 11 is 5.68. The van der Waals surface area contributed by atoms with E-state index >= 15 is 0 Å². The number of benzene rings is 2. The second-order valence-corrected chi connectivity index (χ2v) is 7.14. The van der Waals surface area contributed by atoms with Gasteiger partial charge in [-0.3, -0.25) is 4.90 Å². The van der Waals surface area contributed by atoms with Crippen molar-refractivity contribution in [2.45, 2.75) is 19.3 Å². The second-order valence-electron chi connectivity index (χ2n) is 6.71. The zero-order valence-corrected chi connectivity index (χ0v) is 15.9. The van der Waals surface area contributed by atoms with Crippen molar-refractivity contribution in [3.63, 3.8) is 0 Å². The molecule has 1 aliphatic rings. The van der Waals surface area contributed by atoms with E-state index in [0.717, 1.165) is 25.7 Å². The molecule has 0 radical (unpaired) electrons. The molecule has 1 aliphatic heterocycles. The third-order valence-electron chi connectivity index (χ3n) is 4.72. The Kier molecular flexibility index (Phi) is 6.46. The molecule has 0 unspecified atom stereocenters. The summed E-state index contributed by atoms with van der Waals surface area (Å²) in [6.07, 6.45) is -4.52. The fourth-order valence-electron chi connectivity index (χ4n) is 3.20. The smallest absolute Gasteiger partial charge is 0.334 e. The van der Waals surface area contributed by atoms with E-state index in [9.17, 15) is 18.0 Å². The molecule has 0 aliphatic carbocycles. The highest BCUT2D eigenvalue weighted by atomic mass is 35.5. The fraction of sp³-hybridized carbons (Fsp3) is 0.350. The van der Waals surface area contributed by atoms with Gasteiger partial charge in [0.2, 0.25) is 0 Å². The average Bonchev–Trinajstić information content (AvgIpc) is 2.67. The molecule has 1 fully saturated rings. The van der Waals surface area contributed by atoms with E-state index in [4.69, 9.17) is 11.6 Å². The van der Waals surface area contributed by atoms with E-state index < -0.39 is 11.7 Å². The van der Waals surface area contributed by atoms with E-state index in [1.807, 2.05) is 18.2 Å². The van der Waals surface area contributed by atoms with Crippen LogP contribution in [0.25, 0.3) is 0 Å². The van der Waals surface area contributed by atoms with Crippen LogP contribution < -0.4 is 5.32 Å². The average molecular weight is 412 g/mol. The first-order chi connectivity index (χ1) is 13.3. The van der Waals surface area contributed by atoms with Crippen LogP contribution in [-0.2, 0) is 19.3 Å². The van der Waals surface area contributed by atoms with E-state index in [1.54, 1.807) is 4.90 Å². The molecule has 0 bridgehead atoms. The first kappa shape index (κ1) is 20.5. The maximum atomic E-state index is 13.1. The van der Waals surface area contributed by atoms with Gasteiger partial charge >= 0.3 is 12.2 Å². The Morgan fingerprint density at radius 2 is 1.71 bits per heavy atom. The van der Waals surface area contributed by atoms with Gasteiger partial charge in [-0.1, -0.05) is 48.0 Å². The summed E-state index contributed by atoms with van der Waals surface area (Å²) < 4.78 is 39.4. The summed E-state index contributed by atoms with van der Waals surface area (Å²) in [5.41, 5.74) is 0.378. The van der Waals surface area contributed by atoms with Crippen LogP contribution >= 0.6 is 11.6 Å². The Morgan fingerprint density at radius 1 is 1.04 bits per heavy atom. The number of hydrogen-bond acceptors (Lipinski definition) is 2. The zero-order chi connectivity index (χ0) is 20.1. The van der Waals surface area contributed by atoms with Gasteiger partial charge in [-0.05, 0) is 23.3 Å². The molecule has 1 heterocycles. The van der Waals surface area contributed by atoms with Crippen molar-refractivity contribution in [2.24, 2.45) is 0 Å². The SMILES string of the molecule is O=C(NCc1ccc(Cl)cc1C(F)(F)F)N1CCN(Cc2ccccc2)CC1. The molecule has 0 aromatic heterocycles. The van der Waals surface area contributed by atoms with Crippen molar-refractivity contribution in [1.82, 2.24) is 15.1 Å². The maximum absolute atomic E-state index is 13.1. The number of hydrogen-bond donors (Lipinski definition) is 1. The lowest BCUT2D eigenvalue weighted by molar-refractivity contribution is -0.138. The fourth-order valence-corrected chi connectivity index (χ4v) is 3.37. The number of amides is 2. The van der Waals surface area contributed by atoms with Gasteiger partial charge in [0.25, 0.3) is 0 Å². The third kappa shape index (κ3) is 5.39. The molecule has 3 rings (SSSR count).